The van der Waals surface area contributed by atoms with E-state index in [1.165, 1.54) is 0 Å². The van der Waals surface area contributed by atoms with Crippen molar-refractivity contribution in [3.8, 4) is 5.75 Å². The third-order valence-electron chi connectivity index (χ3n) is 3.21. The van der Waals surface area contributed by atoms with E-state index in [2.05, 4.69) is 5.32 Å². The first-order valence-corrected chi connectivity index (χ1v) is 9.65. The maximum atomic E-state index is 11.8. The Morgan fingerprint density at radius 2 is 1.41 bits per heavy atom. The smallest absolute Gasteiger partial charge is 0.328 e. The van der Waals surface area contributed by atoms with E-state index in [9.17, 15) is 36.1 Å². The molecule has 0 bridgehead atoms. The molecule has 0 saturated heterocycles. The zero-order valence-corrected chi connectivity index (χ0v) is 14.7. The molecule has 2 aromatic carbocycles. The number of phenolic OH excluding ortho intramolecular Hbond substituents is 1. The van der Waals surface area contributed by atoms with Gasteiger partial charge in [0.25, 0.3) is 20.2 Å². The third-order valence-corrected chi connectivity index (χ3v) is 4.87. The quantitative estimate of drug-likeness (QED) is 0.340. The van der Waals surface area contributed by atoms with Crippen molar-refractivity contribution in [2.45, 2.75) is 9.79 Å². The lowest BCUT2D eigenvalue weighted by atomic mass is 10.1. The number of fused-ring (bicyclic) bond motifs is 1. The summed E-state index contributed by atoms with van der Waals surface area (Å²) >= 11 is 0. The highest BCUT2D eigenvalue weighted by Crippen LogP contribution is 2.36. The molecule has 13 heteroatoms. The average molecular weight is 417 g/mol. The van der Waals surface area contributed by atoms with Crippen LogP contribution in [0.2, 0.25) is 0 Å². The summed E-state index contributed by atoms with van der Waals surface area (Å²) in [7, 11) is -9.55. The van der Waals surface area contributed by atoms with Crippen LogP contribution < -0.4 is 5.32 Å². The van der Waals surface area contributed by atoms with Gasteiger partial charge in [-0.1, -0.05) is 0 Å². The van der Waals surface area contributed by atoms with Gasteiger partial charge in [0.05, 0.1) is 15.5 Å². The van der Waals surface area contributed by atoms with Gasteiger partial charge in [-0.2, -0.15) is 16.8 Å². The SMILES string of the molecule is O=C(O)/C=C/C(=O)Nc1cc(S(=O)(=O)O)cc2cc(S(=O)(=O)O)cc(O)c12. The minimum absolute atomic E-state index is 0.216. The molecule has 0 heterocycles. The van der Waals surface area contributed by atoms with Crippen LogP contribution in [0.1, 0.15) is 0 Å². The summed E-state index contributed by atoms with van der Waals surface area (Å²) in [6, 6.07) is 3.05. The molecule has 0 atom stereocenters. The second-order valence-electron chi connectivity index (χ2n) is 5.12. The molecule has 11 nitrogen and oxygen atoms in total. The number of benzene rings is 2. The summed E-state index contributed by atoms with van der Waals surface area (Å²) in [5.74, 6) is -3.17. The molecule has 0 unspecified atom stereocenters. The number of anilines is 1. The Morgan fingerprint density at radius 1 is 0.889 bits per heavy atom. The summed E-state index contributed by atoms with van der Waals surface area (Å²) in [6.07, 6.45) is 1.11. The van der Waals surface area contributed by atoms with Crippen molar-refractivity contribution < 1.29 is 45.7 Å². The second kappa shape index (κ2) is 6.96. The molecule has 2 aromatic rings. The van der Waals surface area contributed by atoms with Crippen molar-refractivity contribution in [1.82, 2.24) is 0 Å². The molecule has 0 aromatic heterocycles. The fourth-order valence-electron chi connectivity index (χ4n) is 2.16. The van der Waals surface area contributed by atoms with Crippen LogP contribution in [0.3, 0.4) is 0 Å². The van der Waals surface area contributed by atoms with Gasteiger partial charge in [-0.3, -0.25) is 13.9 Å². The predicted molar refractivity (Wildman–Crippen MR) is 90.6 cm³/mol. The molecular weight excluding hydrogens is 406 g/mol. The first-order valence-electron chi connectivity index (χ1n) is 6.77. The zero-order chi connectivity index (χ0) is 20.6. The Morgan fingerprint density at radius 3 is 1.89 bits per heavy atom. The number of rotatable bonds is 5. The standard InChI is InChI=1S/C14H11NO10S2/c16-11-6-9(27(23,24)25)4-7-3-8(26(20,21)22)5-10(14(7)11)15-12(17)1-2-13(18)19/h1-6,16H,(H,15,17)(H,18,19)(H,20,21,22)(H,23,24,25)/b2-1+. The number of aliphatic carboxylic acids is 1. The third kappa shape index (κ3) is 4.79. The zero-order valence-electron chi connectivity index (χ0n) is 13.0. The summed E-state index contributed by atoms with van der Waals surface area (Å²) in [6.45, 7) is 0. The minimum Gasteiger partial charge on any atom is -0.507 e. The lowest BCUT2D eigenvalue weighted by molar-refractivity contribution is -0.131. The largest absolute Gasteiger partial charge is 0.507 e. The Hall–Kier alpha value is -3.00. The number of phenols is 1. The van der Waals surface area contributed by atoms with Gasteiger partial charge in [0.2, 0.25) is 5.91 Å². The Bertz CT molecular complexity index is 1190. The number of nitrogens with one attached hydrogen (secondary N) is 1. The van der Waals surface area contributed by atoms with Crippen LogP contribution >= 0.6 is 0 Å². The summed E-state index contributed by atoms with van der Waals surface area (Å²) in [5, 5.41) is 20.2. The van der Waals surface area contributed by atoms with Crippen LogP contribution in [0.4, 0.5) is 5.69 Å². The summed E-state index contributed by atoms with van der Waals surface area (Å²) in [5.41, 5.74) is -0.362. The van der Waals surface area contributed by atoms with Gasteiger partial charge < -0.3 is 15.5 Å². The fourth-order valence-corrected chi connectivity index (χ4v) is 3.24. The van der Waals surface area contributed by atoms with Crippen molar-refractivity contribution in [1.29, 1.82) is 0 Å². The van der Waals surface area contributed by atoms with Crippen molar-refractivity contribution in [2.75, 3.05) is 5.32 Å². The Balaban J connectivity index is 2.77. The number of hydrogen-bond donors (Lipinski definition) is 5. The van der Waals surface area contributed by atoms with Gasteiger partial charge in [-0.15, -0.1) is 0 Å². The molecule has 144 valence electrons. The van der Waals surface area contributed by atoms with Crippen LogP contribution in [-0.2, 0) is 29.8 Å². The molecule has 0 aliphatic rings. The molecule has 1 amide bonds. The van der Waals surface area contributed by atoms with Gasteiger partial charge in [0.1, 0.15) is 5.75 Å². The number of aromatic hydroxyl groups is 1. The molecular formula is C14H11NO10S2. The van der Waals surface area contributed by atoms with E-state index in [1.54, 1.807) is 0 Å². The van der Waals surface area contributed by atoms with Gasteiger partial charge in [0, 0.05) is 23.6 Å². The number of carboxylic acids is 1. The highest BCUT2D eigenvalue weighted by Gasteiger charge is 2.20. The highest BCUT2D eigenvalue weighted by molar-refractivity contribution is 7.86. The molecule has 0 aliphatic carbocycles. The number of hydrogen-bond acceptors (Lipinski definition) is 7. The van der Waals surface area contributed by atoms with Crippen molar-refractivity contribution in [3.05, 3.63) is 36.4 Å². The van der Waals surface area contributed by atoms with Crippen LogP contribution in [-0.4, -0.2) is 48.0 Å². The van der Waals surface area contributed by atoms with Gasteiger partial charge in [-0.25, -0.2) is 4.79 Å². The average Bonchev–Trinajstić information content (AvgIpc) is 2.50. The van der Waals surface area contributed by atoms with Gasteiger partial charge >= 0.3 is 5.97 Å². The molecule has 0 saturated carbocycles. The van der Waals surface area contributed by atoms with E-state index in [1.807, 2.05) is 0 Å². The molecule has 2 rings (SSSR count). The number of amides is 1. The van der Waals surface area contributed by atoms with E-state index in [-0.39, 0.29) is 16.5 Å². The summed E-state index contributed by atoms with van der Waals surface area (Å²) < 4.78 is 63.7. The topological polar surface area (TPSA) is 195 Å². The first kappa shape index (κ1) is 20.3. The Kier molecular flexibility index (Phi) is 5.23. The first-order chi connectivity index (χ1) is 12.3. The molecule has 0 fully saturated rings. The van der Waals surface area contributed by atoms with Crippen LogP contribution in [0, 0.1) is 0 Å². The second-order valence-corrected chi connectivity index (χ2v) is 7.97. The Labute approximate surface area is 152 Å². The molecule has 0 spiro atoms. The number of carbonyl (C=O) groups is 2. The number of carbonyl (C=O) groups excluding carboxylic acids is 1. The minimum atomic E-state index is -4.80. The maximum Gasteiger partial charge on any atom is 0.328 e. The van der Waals surface area contributed by atoms with E-state index in [0.717, 1.165) is 18.2 Å². The maximum absolute atomic E-state index is 11.8. The van der Waals surface area contributed by atoms with E-state index < -0.39 is 47.7 Å². The van der Waals surface area contributed by atoms with Crippen molar-refractivity contribution in [2.24, 2.45) is 0 Å². The van der Waals surface area contributed by atoms with Gasteiger partial charge in [-0.05, 0) is 23.6 Å². The monoisotopic (exact) mass is 417 g/mol. The lowest BCUT2D eigenvalue weighted by Gasteiger charge is -2.12. The highest BCUT2D eigenvalue weighted by atomic mass is 32.2. The van der Waals surface area contributed by atoms with E-state index in [0.29, 0.717) is 18.2 Å². The predicted octanol–water partition coefficient (Wildman–Crippen LogP) is 0.618. The van der Waals surface area contributed by atoms with E-state index >= 15 is 0 Å². The molecule has 27 heavy (non-hydrogen) atoms. The summed E-state index contributed by atoms with van der Waals surface area (Å²) in [4.78, 5) is 20.7. The molecule has 0 aliphatic heterocycles. The van der Waals surface area contributed by atoms with Crippen LogP contribution in [0.25, 0.3) is 10.8 Å². The molecule has 5 N–H and O–H groups in total. The number of carboxylic acid groups (broad SMARTS) is 1. The van der Waals surface area contributed by atoms with E-state index in [4.69, 9.17) is 9.66 Å². The van der Waals surface area contributed by atoms with Crippen LogP contribution in [0.5, 0.6) is 5.75 Å². The fraction of sp³-hybridized carbons (Fsp3) is 0. The van der Waals surface area contributed by atoms with Crippen molar-refractivity contribution >= 4 is 48.6 Å². The van der Waals surface area contributed by atoms with Crippen LogP contribution in [0.15, 0.2) is 46.2 Å². The van der Waals surface area contributed by atoms with Crippen molar-refractivity contribution in [3.63, 3.8) is 0 Å². The van der Waals surface area contributed by atoms with Gasteiger partial charge in [0.15, 0.2) is 0 Å². The lowest BCUT2D eigenvalue weighted by Crippen LogP contribution is -2.10. The molecule has 0 radical (unpaired) electrons. The normalized spacial score (nSPS) is 12.4.